The van der Waals surface area contributed by atoms with Crippen LogP contribution in [0.1, 0.15) is 25.3 Å². The molecular weight excluding hydrogens is 542 g/mol. The smallest absolute Gasteiger partial charge is 0.265 e. The van der Waals surface area contributed by atoms with Crippen molar-refractivity contribution in [1.82, 2.24) is 10.0 Å². The van der Waals surface area contributed by atoms with Crippen LogP contribution < -0.4 is 24.4 Å². The van der Waals surface area contributed by atoms with Crippen molar-refractivity contribution in [3.05, 3.63) is 83.4 Å². The number of unbranched alkanes of at least 4 members (excludes halogenated alkanes) is 1. The van der Waals surface area contributed by atoms with E-state index in [1.54, 1.807) is 24.3 Å². The lowest BCUT2D eigenvalue weighted by atomic mass is 10.1. The molecule has 9 nitrogen and oxygen atoms in total. The number of hydrogen-bond donors (Lipinski definition) is 2. The molecule has 3 aromatic carbocycles. The van der Waals surface area contributed by atoms with E-state index in [2.05, 4.69) is 10.0 Å². The van der Waals surface area contributed by atoms with E-state index in [9.17, 15) is 18.0 Å². The number of carbonyl (C=O) groups is 2. The largest absolute Gasteiger partial charge is 0.482 e. The number of para-hydroxylation sites is 2. The molecular formula is C28H30ClN3O6S. The van der Waals surface area contributed by atoms with Crippen LogP contribution >= 0.6 is 11.6 Å². The number of fused-ring (bicyclic) bond motifs is 1. The van der Waals surface area contributed by atoms with Crippen LogP contribution in [-0.2, 0) is 26.2 Å². The minimum atomic E-state index is -3.71. The number of benzene rings is 3. The Balaban J connectivity index is 1.42. The van der Waals surface area contributed by atoms with Crippen molar-refractivity contribution in [2.75, 3.05) is 24.6 Å². The van der Waals surface area contributed by atoms with Crippen LogP contribution in [0.5, 0.6) is 11.5 Å². The van der Waals surface area contributed by atoms with Gasteiger partial charge in [0.15, 0.2) is 12.7 Å². The summed E-state index contributed by atoms with van der Waals surface area (Å²) in [6.45, 7) is 2.24. The standard InChI is InChI=1S/C28H30ClN3O6S/c1-2-3-15-31-39(35,36)21-13-14-24(22(29)16-21)37-19-27(33)32-18-26(38-25-12-8-7-11-23(25)32)28(34)30-17-20-9-5-4-6-10-20/h4-14,16,26,31H,2-3,15,17-19H2,1H3,(H,30,34)/t26-/m0/s1. The summed E-state index contributed by atoms with van der Waals surface area (Å²) in [5.74, 6) is -0.198. The third-order valence-electron chi connectivity index (χ3n) is 6.06. The minimum absolute atomic E-state index is 0.00578. The molecule has 1 aliphatic rings. The lowest BCUT2D eigenvalue weighted by molar-refractivity contribution is -0.128. The summed E-state index contributed by atoms with van der Waals surface area (Å²) in [7, 11) is -3.71. The van der Waals surface area contributed by atoms with Crippen LogP contribution in [0.3, 0.4) is 0 Å². The monoisotopic (exact) mass is 571 g/mol. The van der Waals surface area contributed by atoms with Gasteiger partial charge in [0.25, 0.3) is 11.8 Å². The molecule has 1 atom stereocenters. The molecule has 0 bridgehead atoms. The predicted octanol–water partition coefficient (Wildman–Crippen LogP) is 3.91. The summed E-state index contributed by atoms with van der Waals surface area (Å²) >= 11 is 6.28. The topological polar surface area (TPSA) is 114 Å². The van der Waals surface area contributed by atoms with Gasteiger partial charge in [0.2, 0.25) is 10.0 Å². The molecule has 2 amide bonds. The number of sulfonamides is 1. The summed E-state index contributed by atoms with van der Waals surface area (Å²) in [6, 6.07) is 20.5. The van der Waals surface area contributed by atoms with Gasteiger partial charge >= 0.3 is 0 Å². The molecule has 0 aromatic heterocycles. The molecule has 2 N–H and O–H groups in total. The van der Waals surface area contributed by atoms with Gasteiger partial charge in [-0.15, -0.1) is 0 Å². The number of carbonyl (C=O) groups excluding carboxylic acids is 2. The third-order valence-corrected chi connectivity index (χ3v) is 7.82. The Morgan fingerprint density at radius 3 is 2.56 bits per heavy atom. The summed E-state index contributed by atoms with van der Waals surface area (Å²) < 4.78 is 39.0. The minimum Gasteiger partial charge on any atom is -0.482 e. The number of rotatable bonds is 11. The van der Waals surface area contributed by atoms with Gasteiger partial charge in [0.05, 0.1) is 22.2 Å². The number of nitrogens with one attached hydrogen (secondary N) is 2. The second kappa shape index (κ2) is 13.0. The maximum Gasteiger partial charge on any atom is 0.265 e. The first-order valence-electron chi connectivity index (χ1n) is 12.6. The van der Waals surface area contributed by atoms with E-state index in [1.807, 2.05) is 37.3 Å². The Morgan fingerprint density at radius 2 is 1.82 bits per heavy atom. The fourth-order valence-electron chi connectivity index (χ4n) is 3.96. The summed E-state index contributed by atoms with van der Waals surface area (Å²) in [5, 5.41) is 2.91. The lowest BCUT2D eigenvalue weighted by Crippen LogP contribution is -2.51. The number of halogens is 1. The third kappa shape index (κ3) is 7.29. The molecule has 39 heavy (non-hydrogen) atoms. The SMILES string of the molecule is CCCCNS(=O)(=O)c1ccc(OCC(=O)N2C[C@@H](C(=O)NCc3ccccc3)Oc3ccccc32)c(Cl)c1. The van der Waals surface area contributed by atoms with Crippen molar-refractivity contribution in [3.8, 4) is 11.5 Å². The fraction of sp³-hybridized carbons (Fsp3) is 0.286. The molecule has 206 valence electrons. The number of hydrogen-bond acceptors (Lipinski definition) is 6. The number of nitrogens with zero attached hydrogens (tertiary/aromatic N) is 1. The first kappa shape index (κ1) is 28.4. The Kier molecular flexibility index (Phi) is 9.45. The number of ether oxygens (including phenoxy) is 2. The Bertz CT molecular complexity index is 1420. The van der Waals surface area contributed by atoms with Crippen molar-refractivity contribution in [2.45, 2.75) is 37.3 Å². The van der Waals surface area contributed by atoms with Gasteiger partial charge in [-0.25, -0.2) is 13.1 Å². The van der Waals surface area contributed by atoms with E-state index in [0.717, 1.165) is 18.4 Å². The molecule has 0 spiro atoms. The highest BCUT2D eigenvalue weighted by Gasteiger charge is 2.34. The second-order valence-corrected chi connectivity index (χ2v) is 11.1. The molecule has 1 aliphatic heterocycles. The average molecular weight is 572 g/mol. The first-order valence-corrected chi connectivity index (χ1v) is 14.4. The average Bonchev–Trinajstić information content (AvgIpc) is 2.95. The fourth-order valence-corrected chi connectivity index (χ4v) is 5.36. The van der Waals surface area contributed by atoms with E-state index in [4.69, 9.17) is 21.1 Å². The normalized spacial score (nSPS) is 14.7. The zero-order valence-electron chi connectivity index (χ0n) is 21.4. The molecule has 0 unspecified atom stereocenters. The molecule has 0 saturated heterocycles. The summed E-state index contributed by atoms with van der Waals surface area (Å²) in [5.41, 5.74) is 1.46. The number of amides is 2. The molecule has 11 heteroatoms. The van der Waals surface area contributed by atoms with Crippen LogP contribution in [-0.4, -0.2) is 46.0 Å². The van der Waals surface area contributed by atoms with Gasteiger partial charge in [0.1, 0.15) is 11.5 Å². The van der Waals surface area contributed by atoms with E-state index in [1.165, 1.54) is 23.1 Å². The maximum atomic E-state index is 13.2. The predicted molar refractivity (Wildman–Crippen MR) is 149 cm³/mol. The van der Waals surface area contributed by atoms with E-state index in [0.29, 0.717) is 24.5 Å². The molecule has 4 rings (SSSR count). The Hall–Kier alpha value is -3.60. The lowest BCUT2D eigenvalue weighted by Gasteiger charge is -2.34. The maximum absolute atomic E-state index is 13.2. The van der Waals surface area contributed by atoms with Crippen LogP contribution in [0.25, 0.3) is 0 Å². The van der Waals surface area contributed by atoms with Crippen LogP contribution in [0, 0.1) is 0 Å². The second-order valence-electron chi connectivity index (χ2n) is 8.91. The van der Waals surface area contributed by atoms with Crippen molar-refractivity contribution in [2.24, 2.45) is 0 Å². The van der Waals surface area contributed by atoms with Crippen LogP contribution in [0.2, 0.25) is 5.02 Å². The quantitative estimate of drug-likeness (QED) is 0.337. The summed E-state index contributed by atoms with van der Waals surface area (Å²) in [4.78, 5) is 27.6. The molecule has 1 heterocycles. The highest BCUT2D eigenvalue weighted by atomic mass is 35.5. The zero-order valence-corrected chi connectivity index (χ0v) is 23.0. The zero-order chi connectivity index (χ0) is 27.8. The highest BCUT2D eigenvalue weighted by Crippen LogP contribution is 2.34. The van der Waals surface area contributed by atoms with Crippen LogP contribution in [0.15, 0.2) is 77.7 Å². The molecule has 0 saturated carbocycles. The molecule has 0 fully saturated rings. The Labute approximate surface area is 233 Å². The van der Waals surface area contributed by atoms with Gasteiger partial charge < -0.3 is 19.7 Å². The first-order chi connectivity index (χ1) is 18.8. The van der Waals surface area contributed by atoms with E-state index in [-0.39, 0.29) is 34.7 Å². The Morgan fingerprint density at radius 1 is 1.08 bits per heavy atom. The highest BCUT2D eigenvalue weighted by molar-refractivity contribution is 7.89. The van der Waals surface area contributed by atoms with Gasteiger partial charge in [-0.3, -0.25) is 9.59 Å². The summed E-state index contributed by atoms with van der Waals surface area (Å²) in [6.07, 6.45) is 0.661. The van der Waals surface area contributed by atoms with Crippen molar-refractivity contribution < 1.29 is 27.5 Å². The van der Waals surface area contributed by atoms with Crippen molar-refractivity contribution in [1.29, 1.82) is 0 Å². The van der Waals surface area contributed by atoms with Crippen LogP contribution in [0.4, 0.5) is 5.69 Å². The van der Waals surface area contributed by atoms with E-state index < -0.39 is 22.0 Å². The molecule has 0 aliphatic carbocycles. The van der Waals surface area contributed by atoms with Gasteiger partial charge in [-0.1, -0.05) is 67.4 Å². The van der Waals surface area contributed by atoms with Gasteiger partial charge in [0, 0.05) is 13.1 Å². The van der Waals surface area contributed by atoms with E-state index >= 15 is 0 Å². The van der Waals surface area contributed by atoms with Crippen molar-refractivity contribution in [3.63, 3.8) is 0 Å². The van der Waals surface area contributed by atoms with Crippen molar-refractivity contribution >= 4 is 39.1 Å². The molecule has 3 aromatic rings. The van der Waals surface area contributed by atoms with Gasteiger partial charge in [-0.2, -0.15) is 0 Å². The number of anilines is 1. The van der Waals surface area contributed by atoms with Gasteiger partial charge in [-0.05, 0) is 42.3 Å². The molecule has 0 radical (unpaired) electrons.